The van der Waals surface area contributed by atoms with Crippen LogP contribution in [0.25, 0.3) is 0 Å². The fourth-order valence-corrected chi connectivity index (χ4v) is 3.11. The highest BCUT2D eigenvalue weighted by atomic mass is 19.2. The molecule has 0 bridgehead atoms. The van der Waals surface area contributed by atoms with Crippen LogP contribution in [0.1, 0.15) is 17.0 Å². The zero-order valence-corrected chi connectivity index (χ0v) is 14.8. The van der Waals surface area contributed by atoms with Gasteiger partial charge in [0.2, 0.25) is 0 Å². The maximum Gasteiger partial charge on any atom is 0.197 e. The van der Waals surface area contributed by atoms with Gasteiger partial charge in [-0.1, -0.05) is 0 Å². The largest absolute Gasteiger partial charge is 0.394 e. The number of benzene rings is 2. The quantitative estimate of drug-likeness (QED) is 0.254. The Hall–Kier alpha value is -3.16. The van der Waals surface area contributed by atoms with Crippen LogP contribution in [0.15, 0.2) is 29.4 Å². The number of anilines is 1. The average molecular weight is 478 g/mol. The summed E-state index contributed by atoms with van der Waals surface area (Å²) in [6.45, 7) is 0. The smallest absolute Gasteiger partial charge is 0.197 e. The molecule has 0 unspecified atom stereocenters. The molecule has 0 aliphatic heterocycles. The molecular weight excluding hydrogens is 472 g/mol. The summed E-state index contributed by atoms with van der Waals surface area (Å²) in [6.07, 6.45) is 0. The number of nitrogen functional groups attached to an aromatic ring is 1. The van der Waals surface area contributed by atoms with Crippen molar-refractivity contribution in [1.82, 2.24) is 0 Å². The molecule has 0 amide bonds. The molecule has 1 aliphatic rings. The van der Waals surface area contributed by atoms with Gasteiger partial charge < -0.3 is 11.5 Å². The van der Waals surface area contributed by atoms with E-state index in [0.29, 0.717) is 0 Å². The Labute approximate surface area is 169 Å². The SMILES string of the molecule is Nc1c(F)c(F)c(C2C(F)=C(F)C(N)(c3cc(F)c(F)c(F)c3F)C(F)=C2F)c(F)c1F. The number of hydrogen-bond acceptors (Lipinski definition) is 2. The van der Waals surface area contributed by atoms with E-state index in [1.165, 1.54) is 0 Å². The summed E-state index contributed by atoms with van der Waals surface area (Å²) in [6, 6.07) is -0.419. The van der Waals surface area contributed by atoms with Crippen molar-refractivity contribution in [3.05, 3.63) is 87.0 Å². The van der Waals surface area contributed by atoms with Crippen LogP contribution in [-0.4, -0.2) is 0 Å². The number of halogens is 12. The van der Waals surface area contributed by atoms with Crippen LogP contribution in [-0.2, 0) is 5.54 Å². The molecule has 0 atom stereocenters. The molecule has 172 valence electrons. The second kappa shape index (κ2) is 7.46. The Morgan fingerprint density at radius 2 is 1.03 bits per heavy atom. The third-order valence-electron chi connectivity index (χ3n) is 4.77. The molecule has 0 aromatic heterocycles. The summed E-state index contributed by atoms with van der Waals surface area (Å²) in [7, 11) is 0. The lowest BCUT2D eigenvalue weighted by atomic mass is 9.78. The Kier molecular flexibility index (Phi) is 5.48. The molecule has 0 fully saturated rings. The summed E-state index contributed by atoms with van der Waals surface area (Å²) in [5.41, 5.74) is -0.214. The van der Waals surface area contributed by atoms with Crippen LogP contribution < -0.4 is 11.5 Å². The van der Waals surface area contributed by atoms with Crippen molar-refractivity contribution >= 4 is 5.69 Å². The maximum absolute atomic E-state index is 14.7. The lowest BCUT2D eigenvalue weighted by Crippen LogP contribution is -2.43. The second-order valence-corrected chi connectivity index (χ2v) is 6.50. The maximum atomic E-state index is 14.7. The van der Waals surface area contributed by atoms with E-state index in [9.17, 15) is 52.7 Å². The van der Waals surface area contributed by atoms with Crippen LogP contribution >= 0.6 is 0 Å². The third-order valence-corrected chi connectivity index (χ3v) is 4.77. The molecule has 32 heavy (non-hydrogen) atoms. The number of hydrogen-bond donors (Lipinski definition) is 2. The van der Waals surface area contributed by atoms with Crippen LogP contribution in [0.3, 0.4) is 0 Å². The van der Waals surface area contributed by atoms with E-state index in [1.54, 1.807) is 0 Å². The average Bonchev–Trinajstić information content (AvgIpc) is 2.76. The second-order valence-electron chi connectivity index (χ2n) is 6.50. The zero-order valence-electron chi connectivity index (χ0n) is 14.8. The molecule has 0 saturated carbocycles. The van der Waals surface area contributed by atoms with Gasteiger partial charge in [-0.05, 0) is 6.07 Å². The van der Waals surface area contributed by atoms with Crippen LogP contribution in [0, 0.1) is 46.5 Å². The molecule has 3 rings (SSSR count). The predicted molar refractivity (Wildman–Crippen MR) is 84.1 cm³/mol. The Morgan fingerprint density at radius 3 is 1.47 bits per heavy atom. The fourth-order valence-electron chi connectivity index (χ4n) is 3.11. The highest BCUT2D eigenvalue weighted by Crippen LogP contribution is 2.53. The molecule has 0 spiro atoms. The van der Waals surface area contributed by atoms with E-state index in [1.807, 2.05) is 0 Å². The van der Waals surface area contributed by atoms with Crippen molar-refractivity contribution in [2.75, 3.05) is 5.73 Å². The first-order valence-electron chi connectivity index (χ1n) is 8.04. The molecular formula is C18H6F12N2. The van der Waals surface area contributed by atoms with Crippen molar-refractivity contribution in [3.63, 3.8) is 0 Å². The summed E-state index contributed by atoms with van der Waals surface area (Å²) in [5.74, 6) is -34.3. The lowest BCUT2D eigenvalue weighted by molar-refractivity contribution is 0.286. The summed E-state index contributed by atoms with van der Waals surface area (Å²) >= 11 is 0. The van der Waals surface area contributed by atoms with Crippen molar-refractivity contribution in [2.45, 2.75) is 11.5 Å². The van der Waals surface area contributed by atoms with E-state index < -0.39 is 104 Å². The molecule has 4 N–H and O–H groups in total. The first-order chi connectivity index (χ1) is 14.7. The van der Waals surface area contributed by atoms with Crippen molar-refractivity contribution in [2.24, 2.45) is 5.73 Å². The standard InChI is InChI=1S/C18H6F12N2/c19-3-1-2(6(20)12(26)7(3)21)18(32)16(29)10(24)5(11(25)17(18)30)4-8(22)13(27)15(31)14(28)9(4)23/h1,5H,31-32H2. The van der Waals surface area contributed by atoms with Gasteiger partial charge in [0.05, 0.1) is 5.92 Å². The van der Waals surface area contributed by atoms with Gasteiger partial charge in [-0.3, -0.25) is 0 Å². The Balaban J connectivity index is 2.37. The van der Waals surface area contributed by atoms with E-state index >= 15 is 0 Å². The lowest BCUT2D eigenvalue weighted by Gasteiger charge is -2.33. The number of nitrogens with two attached hydrogens (primary N) is 2. The highest BCUT2D eigenvalue weighted by Gasteiger charge is 2.53. The van der Waals surface area contributed by atoms with Crippen molar-refractivity contribution in [3.8, 4) is 0 Å². The van der Waals surface area contributed by atoms with E-state index in [0.717, 1.165) is 0 Å². The van der Waals surface area contributed by atoms with Gasteiger partial charge in [-0.15, -0.1) is 0 Å². The summed E-state index contributed by atoms with van der Waals surface area (Å²) in [5, 5.41) is 0. The molecule has 0 saturated heterocycles. The molecule has 0 heterocycles. The molecule has 2 aromatic carbocycles. The normalized spacial score (nSPS) is 21.6. The van der Waals surface area contributed by atoms with E-state index in [4.69, 9.17) is 11.5 Å². The highest BCUT2D eigenvalue weighted by molar-refractivity contribution is 5.55. The predicted octanol–water partition coefficient (Wildman–Crippen LogP) is 5.63. The van der Waals surface area contributed by atoms with Gasteiger partial charge >= 0.3 is 0 Å². The van der Waals surface area contributed by atoms with Gasteiger partial charge in [0.15, 0.2) is 63.7 Å². The van der Waals surface area contributed by atoms with Crippen LogP contribution in [0.2, 0.25) is 0 Å². The minimum Gasteiger partial charge on any atom is -0.394 e. The number of allylic oxidation sites excluding steroid dienone is 2. The summed E-state index contributed by atoms with van der Waals surface area (Å²) in [4.78, 5) is 0. The monoisotopic (exact) mass is 478 g/mol. The van der Waals surface area contributed by atoms with Gasteiger partial charge in [0.25, 0.3) is 0 Å². The Morgan fingerprint density at radius 1 is 0.594 bits per heavy atom. The van der Waals surface area contributed by atoms with Gasteiger partial charge in [-0.25, -0.2) is 52.7 Å². The minimum atomic E-state index is -4.12. The molecule has 1 aliphatic carbocycles. The topological polar surface area (TPSA) is 52.0 Å². The van der Waals surface area contributed by atoms with E-state index in [2.05, 4.69) is 0 Å². The summed E-state index contributed by atoms with van der Waals surface area (Å²) < 4.78 is 168. The first kappa shape index (κ1) is 23.5. The molecule has 14 heteroatoms. The molecule has 0 radical (unpaired) electrons. The zero-order chi connectivity index (χ0) is 24.4. The van der Waals surface area contributed by atoms with Gasteiger partial charge in [0, 0.05) is 11.1 Å². The van der Waals surface area contributed by atoms with Crippen LogP contribution in [0.5, 0.6) is 0 Å². The van der Waals surface area contributed by atoms with E-state index in [-0.39, 0.29) is 0 Å². The van der Waals surface area contributed by atoms with Crippen LogP contribution in [0.4, 0.5) is 58.4 Å². The molecule has 2 aromatic rings. The molecule has 2 nitrogen and oxygen atoms in total. The fraction of sp³-hybridized carbons (Fsp3) is 0.111. The minimum absolute atomic E-state index is 0.419. The van der Waals surface area contributed by atoms with Crippen molar-refractivity contribution < 1.29 is 52.7 Å². The van der Waals surface area contributed by atoms with Crippen molar-refractivity contribution in [1.29, 1.82) is 0 Å². The van der Waals surface area contributed by atoms with Gasteiger partial charge in [0.1, 0.15) is 17.3 Å². The first-order valence-corrected chi connectivity index (χ1v) is 8.04. The number of rotatable bonds is 2. The van der Waals surface area contributed by atoms with Gasteiger partial charge in [-0.2, -0.15) is 0 Å². The third kappa shape index (κ3) is 2.88. The Bertz CT molecular complexity index is 1180.